The summed E-state index contributed by atoms with van der Waals surface area (Å²) in [5, 5.41) is 7.77. The van der Waals surface area contributed by atoms with Gasteiger partial charge in [-0.1, -0.05) is 0 Å². The minimum absolute atomic E-state index is 0.0245. The summed E-state index contributed by atoms with van der Waals surface area (Å²) in [5.74, 6) is 0. The molecule has 5 heteroatoms. The molecule has 3 saturated heterocycles. The van der Waals surface area contributed by atoms with Gasteiger partial charge in [0.05, 0.1) is 0 Å². The number of likely N-dealkylation sites (tertiary alicyclic amines) is 1. The summed E-state index contributed by atoms with van der Waals surface area (Å²) < 4.78 is 9.40. The molecule has 0 aromatic carbocycles. The predicted octanol–water partition coefficient (Wildman–Crippen LogP) is -2.26. The Morgan fingerprint density at radius 2 is 2.28 bits per heavy atom. The Bertz CT molecular complexity index is 373. The van der Waals surface area contributed by atoms with Gasteiger partial charge in [0.25, 0.3) is 0 Å². The average molecular weight is 362 g/mol. The molecule has 3 aliphatic rings. The van der Waals surface area contributed by atoms with Gasteiger partial charge >= 0.3 is 120 Å². The number of morpholine rings is 1. The summed E-state index contributed by atoms with van der Waals surface area (Å²) in [7, 11) is 2.20. The fraction of sp³-hybridized carbons (Fsp3) is 0.769. The minimum atomic E-state index is 0.0245. The Morgan fingerprint density at radius 1 is 1.44 bits per heavy atom. The van der Waals surface area contributed by atoms with Crippen LogP contribution in [-0.2, 0) is 4.74 Å². The summed E-state index contributed by atoms with van der Waals surface area (Å²) in [5.41, 5.74) is 1.79. The molecule has 3 unspecified atom stereocenters. The standard InChI is InChI=1S/C13H21IN3O/c1-9-6-17(4-3-12(9)15)14-11-5-10-7-16(2)8-13(11)18-10/h10-11,13,15H,1,3-8H2,2H3/q-1. The van der Waals surface area contributed by atoms with Crippen LogP contribution in [0.1, 0.15) is 12.8 Å². The maximum atomic E-state index is 7.77. The number of likely N-dealkylation sites (N-methyl/N-ethyl adjacent to an activating group) is 1. The Balaban J connectivity index is 1.57. The van der Waals surface area contributed by atoms with Crippen molar-refractivity contribution in [2.24, 2.45) is 0 Å². The van der Waals surface area contributed by atoms with E-state index in [9.17, 15) is 0 Å². The van der Waals surface area contributed by atoms with E-state index in [4.69, 9.17) is 10.1 Å². The molecule has 3 heterocycles. The van der Waals surface area contributed by atoms with E-state index in [0.717, 1.165) is 47.8 Å². The number of rotatable bonds is 2. The predicted molar refractivity (Wildman–Crippen MR) is 67.6 cm³/mol. The number of hydrogen-bond acceptors (Lipinski definition) is 4. The molecule has 4 nitrogen and oxygen atoms in total. The molecule has 3 aliphatic heterocycles. The summed E-state index contributed by atoms with van der Waals surface area (Å²) in [4.78, 5) is 2.41. The molecule has 0 aromatic rings. The van der Waals surface area contributed by atoms with Crippen LogP contribution >= 0.6 is 0 Å². The van der Waals surface area contributed by atoms with Crippen LogP contribution in [0.3, 0.4) is 0 Å². The van der Waals surface area contributed by atoms with Crippen molar-refractivity contribution in [3.8, 4) is 0 Å². The van der Waals surface area contributed by atoms with E-state index in [-0.39, 0.29) is 21.5 Å². The molecule has 3 fully saturated rings. The first-order valence-electron chi connectivity index (χ1n) is 6.60. The molecule has 1 N–H and O–H groups in total. The molecular weight excluding hydrogens is 341 g/mol. The summed E-state index contributed by atoms with van der Waals surface area (Å²) in [6.45, 7) is 8.21. The second-order valence-electron chi connectivity index (χ2n) is 5.54. The van der Waals surface area contributed by atoms with Gasteiger partial charge in [0.15, 0.2) is 0 Å². The third kappa shape index (κ3) is 2.64. The molecule has 0 amide bonds. The van der Waals surface area contributed by atoms with Crippen molar-refractivity contribution in [1.82, 2.24) is 8.01 Å². The molecule has 0 saturated carbocycles. The first-order chi connectivity index (χ1) is 8.61. The fourth-order valence-corrected chi connectivity index (χ4v) is 6.64. The normalized spacial score (nSPS) is 38.6. The van der Waals surface area contributed by atoms with Gasteiger partial charge in [0.1, 0.15) is 0 Å². The van der Waals surface area contributed by atoms with Crippen molar-refractivity contribution < 1.29 is 26.2 Å². The Morgan fingerprint density at radius 3 is 3.06 bits per heavy atom. The Hall–Kier alpha value is 0.0200. The molecule has 18 heavy (non-hydrogen) atoms. The Kier molecular flexibility index (Phi) is 3.75. The number of nitrogens with zero attached hydrogens (tertiary/aromatic N) is 2. The van der Waals surface area contributed by atoms with E-state index in [1.54, 1.807) is 0 Å². The fourth-order valence-electron chi connectivity index (χ4n) is 2.95. The number of piperidine rings is 1. The van der Waals surface area contributed by atoms with E-state index in [1.807, 2.05) is 0 Å². The monoisotopic (exact) mass is 362 g/mol. The van der Waals surface area contributed by atoms with Crippen LogP contribution in [0.2, 0.25) is 0 Å². The zero-order valence-electron chi connectivity index (χ0n) is 10.9. The zero-order chi connectivity index (χ0) is 12.7. The number of alkyl halides is 1. The molecule has 3 atom stereocenters. The topological polar surface area (TPSA) is 39.6 Å². The van der Waals surface area contributed by atoms with E-state index in [1.165, 1.54) is 6.42 Å². The van der Waals surface area contributed by atoms with Crippen LogP contribution in [-0.4, -0.2) is 63.1 Å². The number of nitrogens with one attached hydrogen (secondary N) is 1. The van der Waals surface area contributed by atoms with Gasteiger partial charge < -0.3 is 0 Å². The maximum absolute atomic E-state index is 7.77. The molecule has 0 spiro atoms. The molecule has 0 radical (unpaired) electrons. The van der Waals surface area contributed by atoms with Crippen LogP contribution in [0.4, 0.5) is 0 Å². The van der Waals surface area contributed by atoms with Gasteiger partial charge in [-0.25, -0.2) is 0 Å². The van der Waals surface area contributed by atoms with Crippen LogP contribution in [0.5, 0.6) is 0 Å². The van der Waals surface area contributed by atoms with Gasteiger partial charge in [0.2, 0.25) is 0 Å². The first kappa shape index (κ1) is 13.0. The van der Waals surface area contributed by atoms with E-state index >= 15 is 0 Å². The molecular formula is C13H21IN3O-. The molecule has 0 aliphatic carbocycles. The van der Waals surface area contributed by atoms with Gasteiger partial charge in [-0.15, -0.1) is 0 Å². The van der Waals surface area contributed by atoms with E-state index < -0.39 is 0 Å². The summed E-state index contributed by atoms with van der Waals surface area (Å²) in [6, 6.07) is 0. The van der Waals surface area contributed by atoms with Crippen molar-refractivity contribution in [3.05, 3.63) is 12.2 Å². The average Bonchev–Trinajstić information content (AvgIpc) is 2.59. The van der Waals surface area contributed by atoms with Crippen molar-refractivity contribution >= 4 is 5.71 Å². The molecule has 3 rings (SSSR count). The number of hydrogen-bond donors (Lipinski definition) is 1. The van der Waals surface area contributed by atoms with Crippen LogP contribution in [0, 0.1) is 5.41 Å². The Labute approximate surface area is 119 Å². The second-order valence-corrected chi connectivity index (χ2v) is 9.07. The van der Waals surface area contributed by atoms with Crippen LogP contribution in [0.15, 0.2) is 12.2 Å². The van der Waals surface area contributed by atoms with E-state index in [0.29, 0.717) is 12.2 Å². The van der Waals surface area contributed by atoms with Gasteiger partial charge in [-0.3, -0.25) is 0 Å². The van der Waals surface area contributed by atoms with Crippen molar-refractivity contribution in [1.29, 1.82) is 5.41 Å². The third-order valence-electron chi connectivity index (χ3n) is 3.92. The van der Waals surface area contributed by atoms with E-state index in [2.05, 4.69) is 21.6 Å². The van der Waals surface area contributed by atoms with Crippen LogP contribution < -0.4 is 21.5 Å². The third-order valence-corrected chi connectivity index (χ3v) is 7.56. The molecule has 0 aromatic heterocycles. The van der Waals surface area contributed by atoms with Crippen molar-refractivity contribution in [2.75, 3.05) is 33.2 Å². The number of ether oxygens (including phenoxy) is 1. The van der Waals surface area contributed by atoms with Gasteiger partial charge in [0, 0.05) is 0 Å². The molecule has 2 bridgehead atoms. The van der Waals surface area contributed by atoms with Crippen molar-refractivity contribution in [3.63, 3.8) is 0 Å². The van der Waals surface area contributed by atoms with Crippen molar-refractivity contribution in [2.45, 2.75) is 29.0 Å². The van der Waals surface area contributed by atoms with Gasteiger partial charge in [-0.05, 0) is 0 Å². The zero-order valence-corrected chi connectivity index (χ0v) is 13.0. The second kappa shape index (κ2) is 5.19. The number of halogens is 1. The van der Waals surface area contributed by atoms with Gasteiger partial charge in [-0.2, -0.15) is 0 Å². The molecule has 102 valence electrons. The first-order valence-corrected chi connectivity index (χ1v) is 8.81. The summed E-state index contributed by atoms with van der Waals surface area (Å²) in [6.07, 6.45) is 3.09. The summed E-state index contributed by atoms with van der Waals surface area (Å²) >= 11 is 0.0245. The SMILES string of the molecule is C=C1CN([I-]C2CC3CN(C)CC2O3)CCC1=N. The number of fused-ring (bicyclic) bond motifs is 2. The quantitative estimate of drug-likeness (QED) is 0.343. The van der Waals surface area contributed by atoms with Crippen LogP contribution in [0.25, 0.3) is 0 Å².